The van der Waals surface area contributed by atoms with Gasteiger partial charge in [-0.05, 0) is 43.0 Å². The summed E-state index contributed by atoms with van der Waals surface area (Å²) < 4.78 is 29.2. The van der Waals surface area contributed by atoms with Crippen LogP contribution in [0.3, 0.4) is 0 Å². The van der Waals surface area contributed by atoms with Crippen LogP contribution in [0.5, 0.6) is 0 Å². The molecule has 1 aromatic rings. The first-order valence-corrected chi connectivity index (χ1v) is 13.2. The third-order valence-corrected chi connectivity index (χ3v) is 9.17. The molecule has 0 N–H and O–H groups in total. The number of carbonyl (C=O) groups excluding carboxylic acids is 2. The highest BCUT2D eigenvalue weighted by atomic mass is 32.2. The molecule has 0 atom stereocenters. The van der Waals surface area contributed by atoms with Crippen molar-refractivity contribution in [2.75, 3.05) is 44.7 Å². The van der Waals surface area contributed by atoms with E-state index in [0.29, 0.717) is 44.7 Å². The van der Waals surface area contributed by atoms with Gasteiger partial charge in [-0.2, -0.15) is 17.0 Å². The van der Waals surface area contributed by atoms with Gasteiger partial charge in [0.2, 0.25) is 5.91 Å². The molecule has 0 aromatic heterocycles. The highest BCUT2D eigenvalue weighted by Gasteiger charge is 2.35. The average molecular weight is 463 g/mol. The van der Waals surface area contributed by atoms with Crippen molar-refractivity contribution >= 4 is 27.7 Å². The molecule has 176 valence electrons. The second kappa shape index (κ2) is 9.49. The number of hydrogen-bond donors (Lipinski definition) is 0. The monoisotopic (exact) mass is 462 g/mol. The molecule has 2 aliphatic heterocycles. The molecular weight excluding hydrogens is 428 g/mol. The smallest absolute Gasteiger partial charge is 0.282 e. The van der Waals surface area contributed by atoms with E-state index in [9.17, 15) is 18.0 Å². The zero-order valence-electron chi connectivity index (χ0n) is 19.1. The molecule has 3 aliphatic rings. The van der Waals surface area contributed by atoms with Gasteiger partial charge in [-0.1, -0.05) is 26.2 Å². The van der Waals surface area contributed by atoms with E-state index in [4.69, 9.17) is 0 Å². The minimum absolute atomic E-state index is 0.0780. The lowest BCUT2D eigenvalue weighted by atomic mass is 9.96. The molecule has 9 heteroatoms. The van der Waals surface area contributed by atoms with Crippen molar-refractivity contribution in [1.29, 1.82) is 0 Å². The van der Waals surface area contributed by atoms with Crippen LogP contribution in [0.4, 0.5) is 5.69 Å². The normalized spacial score (nSPS) is 20.6. The Morgan fingerprint density at radius 1 is 1.03 bits per heavy atom. The molecule has 8 nitrogen and oxygen atoms in total. The first kappa shape index (κ1) is 23.2. The SMILES string of the molecule is CCC(=O)N1CCc2cc(C(=O)N3CCN(S(=O)(=O)N(C)C4CCCCC4)CC3)ccc21. The van der Waals surface area contributed by atoms with E-state index in [1.807, 2.05) is 19.1 Å². The summed E-state index contributed by atoms with van der Waals surface area (Å²) >= 11 is 0. The van der Waals surface area contributed by atoms with E-state index in [-0.39, 0.29) is 17.9 Å². The number of hydrogen-bond acceptors (Lipinski definition) is 4. The van der Waals surface area contributed by atoms with Crippen LogP contribution in [0.1, 0.15) is 61.4 Å². The Labute approximate surface area is 191 Å². The Kier molecular flexibility index (Phi) is 6.88. The maximum atomic E-state index is 13.1. The molecule has 1 aromatic carbocycles. The average Bonchev–Trinajstić information content (AvgIpc) is 3.26. The molecule has 1 saturated heterocycles. The van der Waals surface area contributed by atoms with E-state index in [1.54, 1.807) is 27.2 Å². The first-order chi connectivity index (χ1) is 15.3. The lowest BCUT2D eigenvalue weighted by Crippen LogP contribution is -2.55. The Balaban J connectivity index is 1.38. The number of rotatable bonds is 5. The van der Waals surface area contributed by atoms with Crippen LogP contribution in [0.15, 0.2) is 18.2 Å². The molecule has 2 fully saturated rings. The van der Waals surface area contributed by atoms with Gasteiger partial charge in [0.25, 0.3) is 16.1 Å². The maximum absolute atomic E-state index is 13.1. The summed E-state index contributed by atoms with van der Waals surface area (Å²) in [4.78, 5) is 28.7. The molecule has 4 rings (SSSR count). The van der Waals surface area contributed by atoms with Gasteiger partial charge < -0.3 is 9.80 Å². The molecule has 0 spiro atoms. The molecule has 1 saturated carbocycles. The van der Waals surface area contributed by atoms with Gasteiger partial charge >= 0.3 is 0 Å². The summed E-state index contributed by atoms with van der Waals surface area (Å²) in [5, 5.41) is 0. The fraction of sp³-hybridized carbons (Fsp3) is 0.652. The van der Waals surface area contributed by atoms with Gasteiger partial charge in [0, 0.05) is 63.5 Å². The van der Waals surface area contributed by atoms with E-state index >= 15 is 0 Å². The van der Waals surface area contributed by atoms with Crippen LogP contribution in [0.2, 0.25) is 0 Å². The number of amides is 2. The van der Waals surface area contributed by atoms with E-state index < -0.39 is 10.2 Å². The van der Waals surface area contributed by atoms with Crippen molar-refractivity contribution in [3.8, 4) is 0 Å². The van der Waals surface area contributed by atoms with Crippen LogP contribution in [0, 0.1) is 0 Å². The lowest BCUT2D eigenvalue weighted by Gasteiger charge is -2.38. The number of anilines is 1. The summed E-state index contributed by atoms with van der Waals surface area (Å²) in [5.41, 5.74) is 2.52. The second-order valence-corrected chi connectivity index (χ2v) is 11.0. The molecule has 2 heterocycles. The topological polar surface area (TPSA) is 81.2 Å². The third kappa shape index (κ3) is 4.43. The minimum Gasteiger partial charge on any atom is -0.336 e. The van der Waals surface area contributed by atoms with Gasteiger partial charge in [0.1, 0.15) is 0 Å². The number of benzene rings is 1. The second-order valence-electron chi connectivity index (χ2n) is 9.00. The van der Waals surface area contributed by atoms with Crippen molar-refractivity contribution < 1.29 is 18.0 Å². The molecule has 0 radical (unpaired) electrons. The zero-order valence-corrected chi connectivity index (χ0v) is 19.9. The van der Waals surface area contributed by atoms with Gasteiger partial charge in [0.05, 0.1) is 0 Å². The third-order valence-electron chi connectivity index (χ3n) is 7.13. The predicted octanol–water partition coefficient (Wildman–Crippen LogP) is 2.25. The largest absolute Gasteiger partial charge is 0.336 e. The number of piperazine rings is 1. The van der Waals surface area contributed by atoms with Crippen LogP contribution in [0.25, 0.3) is 0 Å². The Hall–Kier alpha value is -1.97. The fourth-order valence-corrected chi connectivity index (χ4v) is 6.68. The number of nitrogens with zero attached hydrogens (tertiary/aromatic N) is 4. The molecule has 2 amide bonds. The molecule has 0 bridgehead atoms. The minimum atomic E-state index is -3.51. The zero-order chi connectivity index (χ0) is 22.9. The van der Waals surface area contributed by atoms with Gasteiger partial charge in [-0.15, -0.1) is 0 Å². The summed E-state index contributed by atoms with van der Waals surface area (Å²) in [6.45, 7) is 3.90. The molecular formula is C23H34N4O4S. The summed E-state index contributed by atoms with van der Waals surface area (Å²) in [7, 11) is -1.81. The first-order valence-electron chi connectivity index (χ1n) is 11.8. The van der Waals surface area contributed by atoms with Crippen molar-refractivity contribution in [3.63, 3.8) is 0 Å². The lowest BCUT2D eigenvalue weighted by molar-refractivity contribution is -0.118. The summed E-state index contributed by atoms with van der Waals surface area (Å²) in [6, 6.07) is 5.62. The van der Waals surface area contributed by atoms with Crippen molar-refractivity contribution in [2.24, 2.45) is 0 Å². The number of carbonyl (C=O) groups is 2. The highest BCUT2D eigenvalue weighted by Crippen LogP contribution is 2.30. The highest BCUT2D eigenvalue weighted by molar-refractivity contribution is 7.86. The number of fused-ring (bicyclic) bond motifs is 1. The van der Waals surface area contributed by atoms with Gasteiger partial charge in [-0.3, -0.25) is 9.59 Å². The van der Waals surface area contributed by atoms with Crippen LogP contribution < -0.4 is 4.90 Å². The van der Waals surface area contributed by atoms with E-state index in [2.05, 4.69) is 0 Å². The molecule has 0 unspecified atom stereocenters. The van der Waals surface area contributed by atoms with Gasteiger partial charge in [0.15, 0.2) is 0 Å². The molecule has 32 heavy (non-hydrogen) atoms. The van der Waals surface area contributed by atoms with Crippen molar-refractivity contribution in [3.05, 3.63) is 29.3 Å². The molecule has 1 aliphatic carbocycles. The van der Waals surface area contributed by atoms with Crippen LogP contribution in [-0.2, 0) is 21.4 Å². The standard InChI is InChI=1S/C23H34N4O4S/c1-3-22(28)27-12-11-18-17-19(9-10-21(18)27)23(29)25-13-15-26(16-14-25)32(30,31)24(2)20-7-5-4-6-8-20/h9-10,17,20H,3-8,11-16H2,1-2H3. The summed E-state index contributed by atoms with van der Waals surface area (Å²) in [5.74, 6) is 0.0177. The quantitative estimate of drug-likeness (QED) is 0.672. The van der Waals surface area contributed by atoms with E-state index in [1.165, 1.54) is 10.7 Å². The van der Waals surface area contributed by atoms with Gasteiger partial charge in [-0.25, -0.2) is 0 Å². The van der Waals surface area contributed by atoms with Crippen LogP contribution in [-0.4, -0.2) is 79.6 Å². The van der Waals surface area contributed by atoms with Crippen LogP contribution >= 0.6 is 0 Å². The Bertz CT molecular complexity index is 966. The van der Waals surface area contributed by atoms with Crippen molar-refractivity contribution in [1.82, 2.24) is 13.5 Å². The maximum Gasteiger partial charge on any atom is 0.282 e. The fourth-order valence-electron chi connectivity index (χ4n) is 5.10. The Morgan fingerprint density at radius 3 is 2.38 bits per heavy atom. The van der Waals surface area contributed by atoms with Crippen molar-refractivity contribution in [2.45, 2.75) is 57.9 Å². The predicted molar refractivity (Wildman–Crippen MR) is 124 cm³/mol. The Morgan fingerprint density at radius 2 is 1.72 bits per heavy atom. The van der Waals surface area contributed by atoms with E-state index in [0.717, 1.165) is 43.4 Å². The summed E-state index contributed by atoms with van der Waals surface area (Å²) in [6.07, 6.45) is 6.41.